The summed E-state index contributed by atoms with van der Waals surface area (Å²) < 4.78 is 36.5. The van der Waals surface area contributed by atoms with Crippen molar-refractivity contribution >= 4 is 21.6 Å². The molecule has 1 aliphatic rings. The van der Waals surface area contributed by atoms with Crippen molar-refractivity contribution < 1.29 is 17.6 Å². The molecule has 0 spiro atoms. The highest BCUT2D eigenvalue weighted by atomic mass is 32.2. The number of carbonyl (C=O) groups is 1. The zero-order valence-corrected chi connectivity index (χ0v) is 11.8. The second kappa shape index (κ2) is 5.74. The SMILES string of the molecule is CNc1nccc(C(=O)NCC2CCS(=O)(=O)C2)c1F. The van der Waals surface area contributed by atoms with Gasteiger partial charge in [0.15, 0.2) is 21.5 Å². The van der Waals surface area contributed by atoms with E-state index in [-0.39, 0.29) is 35.3 Å². The Morgan fingerprint density at radius 3 is 2.90 bits per heavy atom. The first-order valence-electron chi connectivity index (χ1n) is 6.24. The molecular formula is C12H16FN3O3S. The molecule has 0 aromatic carbocycles. The summed E-state index contributed by atoms with van der Waals surface area (Å²) in [6.07, 6.45) is 1.87. The number of pyridine rings is 1. The first-order chi connectivity index (χ1) is 9.43. The Labute approximate surface area is 116 Å². The summed E-state index contributed by atoms with van der Waals surface area (Å²) in [5.41, 5.74) is -0.106. The fourth-order valence-electron chi connectivity index (χ4n) is 2.16. The quantitative estimate of drug-likeness (QED) is 0.842. The Kier molecular flexibility index (Phi) is 4.22. The molecule has 20 heavy (non-hydrogen) atoms. The first kappa shape index (κ1) is 14.7. The van der Waals surface area contributed by atoms with Gasteiger partial charge in [-0.3, -0.25) is 4.79 Å². The maximum atomic E-state index is 13.9. The molecule has 1 unspecified atom stereocenters. The maximum absolute atomic E-state index is 13.9. The Morgan fingerprint density at radius 2 is 2.30 bits per heavy atom. The Bertz CT molecular complexity index is 618. The maximum Gasteiger partial charge on any atom is 0.254 e. The van der Waals surface area contributed by atoms with Crippen molar-refractivity contribution in [2.75, 3.05) is 30.4 Å². The fraction of sp³-hybridized carbons (Fsp3) is 0.500. The van der Waals surface area contributed by atoms with Crippen molar-refractivity contribution in [3.63, 3.8) is 0 Å². The van der Waals surface area contributed by atoms with Crippen LogP contribution in [0.15, 0.2) is 12.3 Å². The first-order valence-corrected chi connectivity index (χ1v) is 8.06. The largest absolute Gasteiger partial charge is 0.371 e. The van der Waals surface area contributed by atoms with Gasteiger partial charge >= 0.3 is 0 Å². The molecule has 0 aliphatic carbocycles. The lowest BCUT2D eigenvalue weighted by Crippen LogP contribution is -2.30. The minimum atomic E-state index is -2.97. The molecule has 8 heteroatoms. The van der Waals surface area contributed by atoms with Crippen molar-refractivity contribution in [3.8, 4) is 0 Å². The molecular weight excluding hydrogens is 285 g/mol. The van der Waals surface area contributed by atoms with E-state index in [2.05, 4.69) is 15.6 Å². The molecule has 0 saturated carbocycles. The normalized spacial score (nSPS) is 20.6. The van der Waals surface area contributed by atoms with Gasteiger partial charge in [0.25, 0.3) is 5.91 Å². The smallest absolute Gasteiger partial charge is 0.254 e. The molecule has 2 rings (SSSR count). The number of hydrogen-bond acceptors (Lipinski definition) is 5. The molecule has 1 saturated heterocycles. The summed E-state index contributed by atoms with van der Waals surface area (Å²) >= 11 is 0. The van der Waals surface area contributed by atoms with E-state index < -0.39 is 21.6 Å². The monoisotopic (exact) mass is 301 g/mol. The minimum absolute atomic E-state index is 0.00101. The third kappa shape index (κ3) is 3.24. The van der Waals surface area contributed by atoms with Gasteiger partial charge in [0.2, 0.25) is 0 Å². The average molecular weight is 301 g/mol. The van der Waals surface area contributed by atoms with E-state index in [0.29, 0.717) is 6.42 Å². The van der Waals surface area contributed by atoms with E-state index in [1.165, 1.54) is 19.3 Å². The number of carbonyl (C=O) groups excluding carboxylic acids is 1. The molecule has 6 nitrogen and oxygen atoms in total. The summed E-state index contributed by atoms with van der Waals surface area (Å²) in [6, 6.07) is 1.29. The molecule has 1 amide bonds. The van der Waals surface area contributed by atoms with Gasteiger partial charge in [0.1, 0.15) is 0 Å². The van der Waals surface area contributed by atoms with E-state index in [0.717, 1.165) is 0 Å². The highest BCUT2D eigenvalue weighted by Gasteiger charge is 2.28. The van der Waals surface area contributed by atoms with E-state index in [1.807, 2.05) is 0 Å². The number of aromatic nitrogens is 1. The standard InChI is InChI=1S/C12H16FN3O3S/c1-14-11-10(13)9(2-4-15-11)12(17)16-6-8-3-5-20(18,19)7-8/h2,4,8H,3,5-7H2,1H3,(H,14,15)(H,16,17). The molecule has 2 N–H and O–H groups in total. The molecule has 1 fully saturated rings. The summed E-state index contributed by atoms with van der Waals surface area (Å²) in [5.74, 6) is -1.15. The van der Waals surface area contributed by atoms with Crippen LogP contribution in [0, 0.1) is 11.7 Å². The third-order valence-corrected chi connectivity index (χ3v) is 5.09. The van der Waals surface area contributed by atoms with Gasteiger partial charge in [-0.05, 0) is 18.4 Å². The van der Waals surface area contributed by atoms with E-state index in [1.54, 1.807) is 0 Å². The van der Waals surface area contributed by atoms with Crippen LogP contribution in [0.4, 0.5) is 10.2 Å². The second-order valence-corrected chi connectivity index (χ2v) is 6.98. The number of rotatable bonds is 4. The van der Waals surface area contributed by atoms with Crippen molar-refractivity contribution in [1.29, 1.82) is 0 Å². The summed E-state index contributed by atoms with van der Waals surface area (Å²) in [5, 5.41) is 5.12. The predicted octanol–water partition coefficient (Wildman–Crippen LogP) is 0.427. The molecule has 0 radical (unpaired) electrons. The lowest BCUT2D eigenvalue weighted by atomic mass is 10.1. The zero-order chi connectivity index (χ0) is 14.8. The number of amides is 1. The molecule has 1 aliphatic heterocycles. The number of sulfone groups is 1. The van der Waals surface area contributed by atoms with Gasteiger partial charge in [0, 0.05) is 19.8 Å². The number of halogens is 1. The molecule has 1 aromatic heterocycles. The van der Waals surface area contributed by atoms with Crippen LogP contribution in [0.3, 0.4) is 0 Å². The van der Waals surface area contributed by atoms with Crippen molar-refractivity contribution in [2.24, 2.45) is 5.92 Å². The van der Waals surface area contributed by atoms with Crippen LogP contribution in [0.1, 0.15) is 16.8 Å². The summed E-state index contributed by atoms with van der Waals surface area (Å²) in [6.45, 7) is 0.231. The van der Waals surface area contributed by atoms with E-state index in [9.17, 15) is 17.6 Å². The molecule has 2 heterocycles. The van der Waals surface area contributed by atoms with Crippen LogP contribution in [0.2, 0.25) is 0 Å². The van der Waals surface area contributed by atoms with Crippen LogP contribution >= 0.6 is 0 Å². The summed E-state index contributed by atoms with van der Waals surface area (Å²) in [7, 11) is -1.46. The van der Waals surface area contributed by atoms with Gasteiger partial charge in [0.05, 0.1) is 17.1 Å². The highest BCUT2D eigenvalue weighted by Crippen LogP contribution is 2.18. The minimum Gasteiger partial charge on any atom is -0.371 e. The summed E-state index contributed by atoms with van der Waals surface area (Å²) in [4.78, 5) is 15.6. The predicted molar refractivity (Wildman–Crippen MR) is 72.8 cm³/mol. The van der Waals surface area contributed by atoms with Crippen molar-refractivity contribution in [3.05, 3.63) is 23.6 Å². The van der Waals surface area contributed by atoms with Gasteiger partial charge in [-0.15, -0.1) is 0 Å². The topological polar surface area (TPSA) is 88.2 Å². The van der Waals surface area contributed by atoms with E-state index in [4.69, 9.17) is 0 Å². The third-order valence-electron chi connectivity index (χ3n) is 3.25. The number of hydrogen-bond donors (Lipinski definition) is 2. The van der Waals surface area contributed by atoms with E-state index >= 15 is 0 Å². The van der Waals surface area contributed by atoms with Crippen molar-refractivity contribution in [1.82, 2.24) is 10.3 Å². The van der Waals surface area contributed by atoms with Gasteiger partial charge < -0.3 is 10.6 Å². The van der Waals surface area contributed by atoms with Crippen LogP contribution in [0.25, 0.3) is 0 Å². The van der Waals surface area contributed by atoms with Crippen LogP contribution in [-0.4, -0.2) is 44.4 Å². The molecule has 110 valence electrons. The number of anilines is 1. The van der Waals surface area contributed by atoms with Crippen LogP contribution in [-0.2, 0) is 9.84 Å². The zero-order valence-electron chi connectivity index (χ0n) is 11.0. The lowest BCUT2D eigenvalue weighted by molar-refractivity contribution is 0.0944. The van der Waals surface area contributed by atoms with Gasteiger partial charge in [-0.25, -0.2) is 17.8 Å². The van der Waals surface area contributed by atoms with Crippen molar-refractivity contribution in [2.45, 2.75) is 6.42 Å². The van der Waals surface area contributed by atoms with Gasteiger partial charge in [-0.1, -0.05) is 0 Å². The molecule has 0 bridgehead atoms. The highest BCUT2D eigenvalue weighted by molar-refractivity contribution is 7.91. The average Bonchev–Trinajstić information content (AvgIpc) is 2.76. The Balaban J connectivity index is 1.99. The molecule has 1 atom stereocenters. The fourth-order valence-corrected chi connectivity index (χ4v) is 4.02. The Hall–Kier alpha value is -1.70. The van der Waals surface area contributed by atoms with Crippen LogP contribution < -0.4 is 10.6 Å². The molecule has 1 aromatic rings. The van der Waals surface area contributed by atoms with Crippen LogP contribution in [0.5, 0.6) is 0 Å². The Morgan fingerprint density at radius 1 is 1.55 bits per heavy atom. The lowest BCUT2D eigenvalue weighted by Gasteiger charge is -2.11. The van der Waals surface area contributed by atoms with Gasteiger partial charge in [-0.2, -0.15) is 0 Å². The second-order valence-electron chi connectivity index (χ2n) is 4.75. The number of nitrogens with one attached hydrogen (secondary N) is 2. The number of nitrogens with zero attached hydrogens (tertiary/aromatic N) is 1.